The predicted molar refractivity (Wildman–Crippen MR) is 104 cm³/mol. The second-order valence-corrected chi connectivity index (χ2v) is 6.52. The Kier molecular flexibility index (Phi) is 4.76. The van der Waals surface area contributed by atoms with Crippen LogP contribution in [0.4, 0.5) is 10.5 Å². The minimum absolute atomic E-state index is 0.103. The predicted octanol–water partition coefficient (Wildman–Crippen LogP) is 1.74. The number of imide groups is 1. The summed E-state index contributed by atoms with van der Waals surface area (Å²) >= 11 is 0. The largest absolute Gasteiger partial charge is 0.356 e. The third-order valence-electron chi connectivity index (χ3n) is 4.55. The van der Waals surface area contributed by atoms with Gasteiger partial charge in [-0.05, 0) is 24.3 Å². The summed E-state index contributed by atoms with van der Waals surface area (Å²) in [4.78, 5) is 45.5. The standard InChI is InChI=1S/C20H19N5O3/c26-18(21-11-10-17-22-14-8-4-5-9-15(14)23-17)12-16-19(27)25(20(28)24-16)13-6-2-1-3-7-13/h1-9,16H,10-12H2,(H,21,26)(H,22,23)(H,24,28)/t16-/m0/s1. The van der Waals surface area contributed by atoms with E-state index < -0.39 is 18.0 Å². The molecule has 0 saturated carbocycles. The highest BCUT2D eigenvalue weighted by atomic mass is 16.2. The SMILES string of the molecule is O=C(C[C@@H]1NC(=O)N(c2ccccc2)C1=O)NCCc1nc2ccccc2[nH]1. The molecule has 1 aliphatic rings. The molecule has 3 aromatic rings. The van der Waals surface area contributed by atoms with Gasteiger partial charge in [0.1, 0.15) is 11.9 Å². The molecular weight excluding hydrogens is 358 g/mol. The monoisotopic (exact) mass is 377 g/mol. The van der Waals surface area contributed by atoms with E-state index in [1.165, 1.54) is 0 Å². The van der Waals surface area contributed by atoms with Crippen molar-refractivity contribution in [1.29, 1.82) is 0 Å². The van der Waals surface area contributed by atoms with Crippen molar-refractivity contribution in [2.75, 3.05) is 11.4 Å². The lowest BCUT2D eigenvalue weighted by molar-refractivity contribution is -0.125. The van der Waals surface area contributed by atoms with Gasteiger partial charge >= 0.3 is 6.03 Å². The number of rotatable bonds is 6. The highest BCUT2D eigenvalue weighted by molar-refractivity contribution is 6.22. The molecule has 4 rings (SSSR count). The number of H-pyrrole nitrogens is 1. The van der Waals surface area contributed by atoms with E-state index in [2.05, 4.69) is 20.6 Å². The fourth-order valence-corrected chi connectivity index (χ4v) is 3.19. The summed E-state index contributed by atoms with van der Waals surface area (Å²) < 4.78 is 0. The van der Waals surface area contributed by atoms with E-state index >= 15 is 0 Å². The Morgan fingerprint density at radius 1 is 1.07 bits per heavy atom. The maximum absolute atomic E-state index is 12.5. The zero-order valence-electron chi connectivity index (χ0n) is 15.0. The molecule has 1 fully saturated rings. The lowest BCUT2D eigenvalue weighted by Crippen LogP contribution is -2.37. The molecule has 0 unspecified atom stereocenters. The molecular formula is C20H19N5O3. The molecule has 0 bridgehead atoms. The summed E-state index contributed by atoms with van der Waals surface area (Å²) in [6, 6.07) is 15.0. The smallest absolute Gasteiger partial charge is 0.329 e. The van der Waals surface area contributed by atoms with Crippen LogP contribution >= 0.6 is 0 Å². The molecule has 1 atom stereocenters. The van der Waals surface area contributed by atoms with Gasteiger partial charge in [-0.1, -0.05) is 30.3 Å². The number of amides is 4. The number of nitrogens with one attached hydrogen (secondary N) is 3. The Hall–Kier alpha value is -3.68. The average Bonchev–Trinajstić information content (AvgIpc) is 3.22. The van der Waals surface area contributed by atoms with Crippen LogP contribution in [0, 0.1) is 0 Å². The lowest BCUT2D eigenvalue weighted by atomic mass is 10.2. The van der Waals surface area contributed by atoms with Gasteiger partial charge in [-0.2, -0.15) is 0 Å². The molecule has 8 heteroatoms. The van der Waals surface area contributed by atoms with Gasteiger partial charge in [0.25, 0.3) is 5.91 Å². The number of anilines is 1. The minimum atomic E-state index is -0.862. The number of hydrogen-bond acceptors (Lipinski definition) is 4. The van der Waals surface area contributed by atoms with Crippen molar-refractivity contribution in [3.63, 3.8) is 0 Å². The third-order valence-corrected chi connectivity index (χ3v) is 4.55. The highest BCUT2D eigenvalue weighted by Crippen LogP contribution is 2.20. The van der Waals surface area contributed by atoms with Crippen molar-refractivity contribution >= 4 is 34.6 Å². The Balaban J connectivity index is 1.30. The van der Waals surface area contributed by atoms with E-state index in [1.54, 1.807) is 30.3 Å². The number of carbonyl (C=O) groups is 3. The first kappa shape index (κ1) is 17.7. The molecule has 0 aliphatic carbocycles. The van der Waals surface area contributed by atoms with Crippen LogP contribution in [0.3, 0.4) is 0 Å². The zero-order chi connectivity index (χ0) is 19.5. The van der Waals surface area contributed by atoms with Crippen LogP contribution in [0.25, 0.3) is 11.0 Å². The average molecular weight is 377 g/mol. The molecule has 1 aromatic heterocycles. The summed E-state index contributed by atoms with van der Waals surface area (Å²) in [7, 11) is 0. The number of carbonyl (C=O) groups excluding carboxylic acids is 3. The molecule has 28 heavy (non-hydrogen) atoms. The molecule has 1 saturated heterocycles. The van der Waals surface area contributed by atoms with Crippen molar-refractivity contribution in [3.05, 3.63) is 60.4 Å². The van der Waals surface area contributed by atoms with Crippen molar-refractivity contribution in [1.82, 2.24) is 20.6 Å². The molecule has 142 valence electrons. The fraction of sp³-hybridized carbons (Fsp3) is 0.200. The van der Waals surface area contributed by atoms with E-state index in [9.17, 15) is 14.4 Å². The van der Waals surface area contributed by atoms with E-state index in [4.69, 9.17) is 0 Å². The Labute approximate surface area is 160 Å². The topological polar surface area (TPSA) is 107 Å². The zero-order valence-corrected chi connectivity index (χ0v) is 15.0. The number of para-hydroxylation sites is 3. The molecule has 0 spiro atoms. The Morgan fingerprint density at radius 3 is 2.61 bits per heavy atom. The number of urea groups is 1. The summed E-state index contributed by atoms with van der Waals surface area (Å²) in [6.45, 7) is 0.385. The number of hydrogen-bond donors (Lipinski definition) is 3. The van der Waals surface area contributed by atoms with Crippen molar-refractivity contribution < 1.29 is 14.4 Å². The third kappa shape index (κ3) is 3.57. The molecule has 3 N–H and O–H groups in total. The fourth-order valence-electron chi connectivity index (χ4n) is 3.19. The Morgan fingerprint density at radius 2 is 1.82 bits per heavy atom. The van der Waals surface area contributed by atoms with Gasteiger partial charge in [0.15, 0.2) is 0 Å². The first-order valence-corrected chi connectivity index (χ1v) is 9.01. The number of benzene rings is 2. The maximum Gasteiger partial charge on any atom is 0.329 e. The van der Waals surface area contributed by atoms with Crippen molar-refractivity contribution in [3.8, 4) is 0 Å². The van der Waals surface area contributed by atoms with Crippen LogP contribution in [0.2, 0.25) is 0 Å². The second-order valence-electron chi connectivity index (χ2n) is 6.52. The molecule has 4 amide bonds. The van der Waals surface area contributed by atoms with Gasteiger partial charge < -0.3 is 15.6 Å². The lowest BCUT2D eigenvalue weighted by Gasteiger charge is -2.12. The van der Waals surface area contributed by atoms with Gasteiger partial charge in [-0.15, -0.1) is 0 Å². The van der Waals surface area contributed by atoms with Gasteiger partial charge in [0.2, 0.25) is 5.91 Å². The van der Waals surface area contributed by atoms with Gasteiger partial charge in [0.05, 0.1) is 23.1 Å². The summed E-state index contributed by atoms with van der Waals surface area (Å²) in [5.74, 6) is 0.0512. The van der Waals surface area contributed by atoms with Crippen molar-refractivity contribution in [2.45, 2.75) is 18.9 Å². The number of imidazole rings is 1. The van der Waals surface area contributed by atoms with E-state index in [1.807, 2.05) is 24.3 Å². The van der Waals surface area contributed by atoms with E-state index in [-0.39, 0.29) is 12.3 Å². The maximum atomic E-state index is 12.5. The molecule has 8 nitrogen and oxygen atoms in total. The van der Waals surface area contributed by atoms with Crippen LogP contribution in [0.1, 0.15) is 12.2 Å². The van der Waals surface area contributed by atoms with E-state index in [0.29, 0.717) is 18.7 Å². The Bertz CT molecular complexity index is 998. The number of fused-ring (bicyclic) bond motifs is 1. The molecule has 1 aliphatic heterocycles. The summed E-state index contributed by atoms with van der Waals surface area (Å²) in [5.41, 5.74) is 2.31. The number of aromatic amines is 1. The van der Waals surface area contributed by atoms with Crippen LogP contribution in [0.15, 0.2) is 54.6 Å². The van der Waals surface area contributed by atoms with Crippen LogP contribution in [-0.4, -0.2) is 40.4 Å². The van der Waals surface area contributed by atoms with E-state index in [0.717, 1.165) is 21.8 Å². The van der Waals surface area contributed by atoms with Crippen LogP contribution < -0.4 is 15.5 Å². The molecule has 2 aromatic carbocycles. The van der Waals surface area contributed by atoms with Gasteiger partial charge in [-0.3, -0.25) is 9.59 Å². The van der Waals surface area contributed by atoms with Gasteiger partial charge in [-0.25, -0.2) is 14.7 Å². The van der Waals surface area contributed by atoms with Crippen LogP contribution in [-0.2, 0) is 16.0 Å². The first-order valence-electron chi connectivity index (χ1n) is 9.01. The summed E-state index contributed by atoms with van der Waals surface area (Å²) in [5, 5.41) is 5.34. The normalized spacial score (nSPS) is 16.4. The second kappa shape index (κ2) is 7.51. The first-order chi connectivity index (χ1) is 13.6. The van der Waals surface area contributed by atoms with Gasteiger partial charge in [0, 0.05) is 13.0 Å². The molecule has 2 heterocycles. The van der Waals surface area contributed by atoms with Crippen LogP contribution in [0.5, 0.6) is 0 Å². The number of aromatic nitrogens is 2. The summed E-state index contributed by atoms with van der Waals surface area (Å²) in [6.07, 6.45) is 0.440. The highest BCUT2D eigenvalue weighted by Gasteiger charge is 2.39. The number of nitrogens with zero attached hydrogens (tertiary/aromatic N) is 2. The minimum Gasteiger partial charge on any atom is -0.356 e. The molecule has 0 radical (unpaired) electrons. The van der Waals surface area contributed by atoms with Crippen molar-refractivity contribution in [2.24, 2.45) is 0 Å². The quantitative estimate of drug-likeness (QED) is 0.569.